The fourth-order valence-electron chi connectivity index (χ4n) is 1.02. The molecule has 0 fully saturated rings. The first-order valence-electron chi connectivity index (χ1n) is 3.75. The van der Waals surface area contributed by atoms with Crippen LogP contribution in [0.5, 0.6) is 0 Å². The number of carbonyl (C=O) groups excluding carboxylic acids is 1. The van der Waals surface area contributed by atoms with Gasteiger partial charge in [0.05, 0.1) is 0 Å². The van der Waals surface area contributed by atoms with Gasteiger partial charge in [-0.15, -0.1) is 12.6 Å². The van der Waals surface area contributed by atoms with E-state index in [0.29, 0.717) is 18.5 Å². The number of nitrogens with two attached hydrogens (primary N) is 1. The molecule has 0 aromatic heterocycles. The molecule has 0 saturated heterocycles. The number of benzene rings is 1. The van der Waals surface area contributed by atoms with Crippen LogP contribution in [0.2, 0.25) is 0 Å². The van der Waals surface area contributed by atoms with Crippen molar-refractivity contribution in [1.29, 1.82) is 0 Å². The Morgan fingerprint density at radius 2 is 2.25 bits per heavy atom. The van der Waals surface area contributed by atoms with Crippen molar-refractivity contribution in [1.82, 2.24) is 0 Å². The Labute approximate surface area is 77.2 Å². The molecule has 1 rings (SSSR count). The summed E-state index contributed by atoms with van der Waals surface area (Å²) in [5.74, 6) is 0. The van der Waals surface area contributed by atoms with Crippen LogP contribution in [0.3, 0.4) is 0 Å². The molecule has 0 bridgehead atoms. The zero-order valence-electron chi connectivity index (χ0n) is 6.66. The van der Waals surface area contributed by atoms with E-state index in [0.717, 1.165) is 16.7 Å². The summed E-state index contributed by atoms with van der Waals surface area (Å²) in [7, 11) is 0. The quantitative estimate of drug-likeness (QED) is 0.423. The van der Waals surface area contributed by atoms with Gasteiger partial charge in [-0.05, 0) is 24.1 Å². The molecule has 64 valence electrons. The van der Waals surface area contributed by atoms with Gasteiger partial charge in [-0.2, -0.15) is 0 Å². The lowest BCUT2D eigenvalue weighted by Gasteiger charge is -2.03. The van der Waals surface area contributed by atoms with Crippen LogP contribution in [0.1, 0.15) is 12.0 Å². The van der Waals surface area contributed by atoms with Gasteiger partial charge < -0.3 is 10.5 Å². The minimum Gasteiger partial charge on any atom is -0.398 e. The second kappa shape index (κ2) is 4.16. The van der Waals surface area contributed by atoms with Gasteiger partial charge in [-0.25, -0.2) is 0 Å². The van der Waals surface area contributed by atoms with Gasteiger partial charge >= 0.3 is 0 Å². The second-order valence-corrected chi connectivity index (χ2v) is 3.10. The first kappa shape index (κ1) is 9.13. The highest BCUT2D eigenvalue weighted by molar-refractivity contribution is 7.80. The van der Waals surface area contributed by atoms with Crippen molar-refractivity contribution in [2.24, 2.45) is 0 Å². The number of aryl methyl sites for hydroxylation is 1. The van der Waals surface area contributed by atoms with Crippen LogP contribution in [0.4, 0.5) is 5.69 Å². The van der Waals surface area contributed by atoms with E-state index >= 15 is 0 Å². The highest BCUT2D eigenvalue weighted by atomic mass is 32.1. The van der Waals surface area contributed by atoms with Crippen LogP contribution in [-0.4, -0.2) is 6.29 Å². The highest BCUT2D eigenvalue weighted by Gasteiger charge is 1.98. The number of carbonyl (C=O) groups is 1. The molecule has 3 heteroatoms. The van der Waals surface area contributed by atoms with Crippen molar-refractivity contribution in [3.05, 3.63) is 23.8 Å². The Morgan fingerprint density at radius 3 is 2.83 bits per heavy atom. The number of hydrogen-bond donors (Lipinski definition) is 2. The number of anilines is 1. The van der Waals surface area contributed by atoms with Crippen molar-refractivity contribution in [2.45, 2.75) is 17.7 Å². The average molecular weight is 181 g/mol. The molecular formula is C9H11NOS. The second-order valence-electron chi connectivity index (χ2n) is 2.59. The summed E-state index contributed by atoms with van der Waals surface area (Å²) >= 11 is 4.14. The van der Waals surface area contributed by atoms with Crippen LogP contribution in [0.15, 0.2) is 23.1 Å². The summed E-state index contributed by atoms with van der Waals surface area (Å²) in [5.41, 5.74) is 7.42. The predicted octanol–water partition coefficient (Wildman–Crippen LogP) is 1.69. The van der Waals surface area contributed by atoms with E-state index in [9.17, 15) is 4.79 Å². The van der Waals surface area contributed by atoms with Gasteiger partial charge in [0, 0.05) is 17.0 Å². The molecule has 0 aliphatic rings. The predicted molar refractivity (Wildman–Crippen MR) is 52.5 cm³/mol. The number of rotatable bonds is 3. The average Bonchev–Trinajstić information content (AvgIpc) is 2.03. The van der Waals surface area contributed by atoms with Crippen LogP contribution in [0.25, 0.3) is 0 Å². The first-order valence-corrected chi connectivity index (χ1v) is 4.20. The lowest BCUT2D eigenvalue weighted by molar-refractivity contribution is -0.107. The molecule has 0 unspecified atom stereocenters. The van der Waals surface area contributed by atoms with Crippen LogP contribution >= 0.6 is 12.6 Å². The third kappa shape index (κ3) is 2.27. The van der Waals surface area contributed by atoms with Crippen LogP contribution in [0, 0.1) is 0 Å². The Morgan fingerprint density at radius 1 is 1.50 bits per heavy atom. The lowest BCUT2D eigenvalue weighted by atomic mass is 10.1. The molecule has 1 aromatic rings. The van der Waals surface area contributed by atoms with Gasteiger partial charge in [-0.3, -0.25) is 0 Å². The van der Waals surface area contributed by atoms with Gasteiger partial charge in [0.1, 0.15) is 6.29 Å². The molecule has 0 aliphatic carbocycles. The van der Waals surface area contributed by atoms with E-state index in [1.165, 1.54) is 0 Å². The smallest absolute Gasteiger partial charge is 0.120 e. The summed E-state index contributed by atoms with van der Waals surface area (Å²) in [6.07, 6.45) is 2.13. The molecule has 0 amide bonds. The SMILES string of the molecule is Nc1cc(S)ccc1CCC=O. The number of hydrogen-bond acceptors (Lipinski definition) is 3. The summed E-state index contributed by atoms with van der Waals surface area (Å²) in [5, 5.41) is 0. The minimum atomic E-state index is 0.524. The summed E-state index contributed by atoms with van der Waals surface area (Å²) in [6, 6.07) is 5.57. The van der Waals surface area contributed by atoms with E-state index in [4.69, 9.17) is 5.73 Å². The Balaban J connectivity index is 2.78. The van der Waals surface area contributed by atoms with E-state index in [2.05, 4.69) is 12.6 Å². The Hall–Kier alpha value is -0.960. The van der Waals surface area contributed by atoms with E-state index in [-0.39, 0.29) is 0 Å². The molecule has 0 atom stereocenters. The largest absolute Gasteiger partial charge is 0.398 e. The fraction of sp³-hybridized carbons (Fsp3) is 0.222. The van der Waals surface area contributed by atoms with Gasteiger partial charge in [0.25, 0.3) is 0 Å². The van der Waals surface area contributed by atoms with Gasteiger partial charge in [0.2, 0.25) is 0 Å². The molecule has 2 nitrogen and oxygen atoms in total. The van der Waals surface area contributed by atoms with Crippen molar-refractivity contribution >= 4 is 24.6 Å². The van der Waals surface area contributed by atoms with Crippen molar-refractivity contribution < 1.29 is 4.79 Å². The van der Waals surface area contributed by atoms with Crippen molar-refractivity contribution in [3.63, 3.8) is 0 Å². The molecular weight excluding hydrogens is 170 g/mol. The standard InChI is InChI=1S/C9H11NOS/c10-9-6-8(12)4-3-7(9)2-1-5-11/h3-6,12H,1-2,10H2. The maximum absolute atomic E-state index is 10.1. The molecule has 12 heavy (non-hydrogen) atoms. The zero-order valence-corrected chi connectivity index (χ0v) is 7.55. The van der Waals surface area contributed by atoms with Gasteiger partial charge in [-0.1, -0.05) is 6.07 Å². The fourth-order valence-corrected chi connectivity index (χ4v) is 1.24. The molecule has 0 spiro atoms. The summed E-state index contributed by atoms with van der Waals surface area (Å²) in [6.45, 7) is 0. The molecule has 0 radical (unpaired) electrons. The molecule has 1 aromatic carbocycles. The van der Waals surface area contributed by atoms with E-state index in [1.807, 2.05) is 12.1 Å². The van der Waals surface area contributed by atoms with Crippen LogP contribution < -0.4 is 5.73 Å². The Kier molecular flexibility index (Phi) is 3.17. The topological polar surface area (TPSA) is 43.1 Å². The molecule has 0 heterocycles. The maximum Gasteiger partial charge on any atom is 0.120 e. The maximum atomic E-state index is 10.1. The number of aldehydes is 1. The molecule has 0 saturated carbocycles. The minimum absolute atomic E-state index is 0.524. The van der Waals surface area contributed by atoms with E-state index < -0.39 is 0 Å². The van der Waals surface area contributed by atoms with Crippen molar-refractivity contribution in [2.75, 3.05) is 5.73 Å². The van der Waals surface area contributed by atoms with Crippen molar-refractivity contribution in [3.8, 4) is 0 Å². The van der Waals surface area contributed by atoms with Crippen LogP contribution in [-0.2, 0) is 11.2 Å². The third-order valence-electron chi connectivity index (χ3n) is 1.66. The summed E-state index contributed by atoms with van der Waals surface area (Å²) in [4.78, 5) is 10.9. The Bertz CT molecular complexity index is 286. The number of thiol groups is 1. The normalized spacial score (nSPS) is 9.75. The number of nitrogen functional groups attached to an aromatic ring is 1. The molecule has 2 N–H and O–H groups in total. The highest BCUT2D eigenvalue weighted by Crippen LogP contribution is 2.17. The van der Waals surface area contributed by atoms with Gasteiger partial charge in [0.15, 0.2) is 0 Å². The zero-order chi connectivity index (χ0) is 8.97. The summed E-state index contributed by atoms with van der Waals surface area (Å²) < 4.78 is 0. The first-order chi connectivity index (χ1) is 5.74. The molecule has 0 aliphatic heterocycles. The third-order valence-corrected chi connectivity index (χ3v) is 1.94. The van der Waals surface area contributed by atoms with E-state index in [1.54, 1.807) is 6.07 Å². The lowest BCUT2D eigenvalue weighted by Crippen LogP contribution is -1.94. The monoisotopic (exact) mass is 181 g/mol.